The highest BCUT2D eigenvalue weighted by molar-refractivity contribution is 9.10. The SMILES string of the molecule is CN=C(NC1CC1c1ccc(Br)cc1)N1CCN(Cc2ccon2)CC1. The van der Waals surface area contributed by atoms with Crippen molar-refractivity contribution in [2.45, 2.75) is 24.9 Å². The van der Waals surface area contributed by atoms with Crippen LogP contribution in [0.2, 0.25) is 0 Å². The second-order valence-electron chi connectivity index (χ2n) is 6.95. The molecule has 1 saturated heterocycles. The molecule has 1 aliphatic carbocycles. The molecule has 0 bridgehead atoms. The molecule has 4 rings (SSSR count). The zero-order valence-electron chi connectivity index (χ0n) is 14.9. The van der Waals surface area contributed by atoms with Gasteiger partial charge >= 0.3 is 0 Å². The Balaban J connectivity index is 1.27. The van der Waals surface area contributed by atoms with Gasteiger partial charge in [-0.1, -0.05) is 33.2 Å². The monoisotopic (exact) mass is 417 g/mol. The molecule has 138 valence electrons. The quantitative estimate of drug-likeness (QED) is 0.611. The van der Waals surface area contributed by atoms with E-state index in [1.807, 2.05) is 13.1 Å². The Morgan fingerprint density at radius 3 is 2.65 bits per heavy atom. The molecule has 1 aromatic carbocycles. The van der Waals surface area contributed by atoms with Gasteiger partial charge in [-0.25, -0.2) is 0 Å². The molecule has 2 unspecified atom stereocenters. The van der Waals surface area contributed by atoms with E-state index in [2.05, 4.69) is 65.5 Å². The fourth-order valence-corrected chi connectivity index (χ4v) is 3.83. The molecule has 0 amide bonds. The van der Waals surface area contributed by atoms with Gasteiger partial charge in [0, 0.05) is 62.3 Å². The molecule has 2 aliphatic rings. The minimum Gasteiger partial charge on any atom is -0.364 e. The smallest absolute Gasteiger partial charge is 0.193 e. The topological polar surface area (TPSA) is 56.9 Å². The maximum atomic E-state index is 4.92. The summed E-state index contributed by atoms with van der Waals surface area (Å²) in [6, 6.07) is 11.1. The Morgan fingerprint density at radius 2 is 2.00 bits per heavy atom. The lowest BCUT2D eigenvalue weighted by molar-refractivity contribution is 0.169. The average Bonchev–Trinajstić information content (AvgIpc) is 3.24. The lowest BCUT2D eigenvalue weighted by Gasteiger charge is -2.36. The highest BCUT2D eigenvalue weighted by Gasteiger charge is 2.39. The highest BCUT2D eigenvalue weighted by atomic mass is 79.9. The van der Waals surface area contributed by atoms with Crippen LogP contribution in [0.15, 0.2) is 50.6 Å². The lowest BCUT2D eigenvalue weighted by Crippen LogP contribution is -2.52. The van der Waals surface area contributed by atoms with E-state index < -0.39 is 0 Å². The largest absolute Gasteiger partial charge is 0.364 e. The fraction of sp³-hybridized carbons (Fsp3) is 0.474. The van der Waals surface area contributed by atoms with Crippen LogP contribution in [0, 0.1) is 0 Å². The third-order valence-electron chi connectivity index (χ3n) is 5.16. The van der Waals surface area contributed by atoms with Crippen LogP contribution in [-0.4, -0.2) is 60.2 Å². The summed E-state index contributed by atoms with van der Waals surface area (Å²) in [5.41, 5.74) is 2.40. The summed E-state index contributed by atoms with van der Waals surface area (Å²) in [4.78, 5) is 9.28. The molecule has 0 spiro atoms. The number of nitrogens with one attached hydrogen (secondary N) is 1. The summed E-state index contributed by atoms with van der Waals surface area (Å²) >= 11 is 3.50. The minimum absolute atomic E-state index is 0.489. The van der Waals surface area contributed by atoms with Crippen molar-refractivity contribution in [1.29, 1.82) is 0 Å². The minimum atomic E-state index is 0.489. The van der Waals surface area contributed by atoms with Crippen LogP contribution in [0.1, 0.15) is 23.6 Å². The second kappa shape index (κ2) is 7.80. The molecule has 2 fully saturated rings. The predicted octanol–water partition coefficient (Wildman–Crippen LogP) is 2.69. The Kier molecular flexibility index (Phi) is 5.26. The Hall–Kier alpha value is -1.86. The van der Waals surface area contributed by atoms with Crippen molar-refractivity contribution in [3.63, 3.8) is 0 Å². The van der Waals surface area contributed by atoms with Crippen molar-refractivity contribution in [3.8, 4) is 0 Å². The molecule has 1 aromatic heterocycles. The number of hydrogen-bond acceptors (Lipinski definition) is 4. The van der Waals surface area contributed by atoms with Crippen LogP contribution in [0.25, 0.3) is 0 Å². The highest BCUT2D eigenvalue weighted by Crippen LogP contribution is 2.41. The van der Waals surface area contributed by atoms with Gasteiger partial charge in [0.2, 0.25) is 0 Å². The second-order valence-corrected chi connectivity index (χ2v) is 7.86. The zero-order valence-corrected chi connectivity index (χ0v) is 16.5. The van der Waals surface area contributed by atoms with E-state index in [1.165, 1.54) is 12.0 Å². The van der Waals surface area contributed by atoms with Crippen molar-refractivity contribution in [2.24, 2.45) is 4.99 Å². The molecule has 1 saturated carbocycles. The number of nitrogens with zero attached hydrogens (tertiary/aromatic N) is 4. The first kappa shape index (κ1) is 17.5. The van der Waals surface area contributed by atoms with E-state index in [0.29, 0.717) is 12.0 Å². The van der Waals surface area contributed by atoms with Gasteiger partial charge in [0.25, 0.3) is 0 Å². The average molecular weight is 418 g/mol. The maximum Gasteiger partial charge on any atom is 0.193 e. The van der Waals surface area contributed by atoms with Crippen LogP contribution in [0.4, 0.5) is 0 Å². The summed E-state index contributed by atoms with van der Waals surface area (Å²) in [7, 11) is 1.88. The number of benzene rings is 1. The Morgan fingerprint density at radius 1 is 1.23 bits per heavy atom. The van der Waals surface area contributed by atoms with Gasteiger partial charge in [0.05, 0.1) is 5.69 Å². The van der Waals surface area contributed by atoms with E-state index in [1.54, 1.807) is 6.26 Å². The van der Waals surface area contributed by atoms with Crippen molar-refractivity contribution >= 4 is 21.9 Å². The summed E-state index contributed by atoms with van der Waals surface area (Å²) in [6.07, 6.45) is 2.81. The maximum absolute atomic E-state index is 4.92. The van der Waals surface area contributed by atoms with Gasteiger partial charge < -0.3 is 14.7 Å². The first-order valence-electron chi connectivity index (χ1n) is 9.08. The third kappa shape index (κ3) is 4.10. The molecule has 26 heavy (non-hydrogen) atoms. The lowest BCUT2D eigenvalue weighted by atomic mass is 10.1. The predicted molar refractivity (Wildman–Crippen MR) is 105 cm³/mol. The molecular weight excluding hydrogens is 394 g/mol. The number of hydrogen-bond donors (Lipinski definition) is 1. The summed E-state index contributed by atoms with van der Waals surface area (Å²) < 4.78 is 6.05. The molecule has 2 atom stereocenters. The molecule has 7 heteroatoms. The van der Waals surface area contributed by atoms with Gasteiger partial charge in [-0.2, -0.15) is 0 Å². The van der Waals surface area contributed by atoms with Gasteiger partial charge in [0.1, 0.15) is 6.26 Å². The number of rotatable bonds is 4. The van der Waals surface area contributed by atoms with E-state index >= 15 is 0 Å². The molecular formula is C19H24BrN5O. The van der Waals surface area contributed by atoms with Gasteiger partial charge in [-0.15, -0.1) is 0 Å². The number of guanidine groups is 1. The van der Waals surface area contributed by atoms with Crippen molar-refractivity contribution < 1.29 is 4.52 Å². The number of halogens is 1. The van der Waals surface area contributed by atoms with Crippen molar-refractivity contribution in [1.82, 2.24) is 20.3 Å². The van der Waals surface area contributed by atoms with Crippen molar-refractivity contribution in [2.75, 3.05) is 33.2 Å². The van der Waals surface area contributed by atoms with E-state index in [0.717, 1.165) is 48.8 Å². The molecule has 0 radical (unpaired) electrons. The summed E-state index contributed by atoms with van der Waals surface area (Å²) in [5, 5.41) is 7.65. The Labute approximate surface area is 162 Å². The molecule has 6 nitrogen and oxygen atoms in total. The first-order valence-corrected chi connectivity index (χ1v) is 9.87. The van der Waals surface area contributed by atoms with Crippen LogP contribution < -0.4 is 5.32 Å². The van der Waals surface area contributed by atoms with E-state index in [4.69, 9.17) is 4.52 Å². The third-order valence-corrected chi connectivity index (χ3v) is 5.69. The van der Waals surface area contributed by atoms with Crippen molar-refractivity contribution in [3.05, 3.63) is 52.3 Å². The molecule has 2 aromatic rings. The number of aliphatic imine (C=N–C) groups is 1. The molecule has 1 aliphatic heterocycles. The number of aromatic nitrogens is 1. The standard InChI is InChI=1S/C19H24BrN5O/c1-21-19(22-18-12-17(18)14-2-4-15(20)5-3-14)25-9-7-24(8-10-25)13-16-6-11-26-23-16/h2-6,11,17-18H,7-10,12-13H2,1H3,(H,21,22). The summed E-state index contributed by atoms with van der Waals surface area (Å²) in [6.45, 7) is 4.83. The van der Waals surface area contributed by atoms with Gasteiger partial charge in [0.15, 0.2) is 5.96 Å². The van der Waals surface area contributed by atoms with Gasteiger partial charge in [-0.3, -0.25) is 9.89 Å². The van der Waals surface area contributed by atoms with E-state index in [9.17, 15) is 0 Å². The Bertz CT molecular complexity index is 738. The normalized spacial score (nSPS) is 23.9. The molecule has 1 N–H and O–H groups in total. The fourth-order valence-electron chi connectivity index (χ4n) is 3.56. The van der Waals surface area contributed by atoms with E-state index in [-0.39, 0.29) is 0 Å². The number of piperazine rings is 1. The van der Waals surface area contributed by atoms with Crippen LogP contribution in [0.5, 0.6) is 0 Å². The van der Waals surface area contributed by atoms with Crippen LogP contribution in [-0.2, 0) is 6.54 Å². The molecule has 2 heterocycles. The van der Waals surface area contributed by atoms with Gasteiger partial charge in [-0.05, 0) is 24.1 Å². The zero-order chi connectivity index (χ0) is 17.9. The first-order chi connectivity index (χ1) is 12.7. The van der Waals surface area contributed by atoms with Crippen LogP contribution in [0.3, 0.4) is 0 Å². The summed E-state index contributed by atoms with van der Waals surface area (Å²) in [5.74, 6) is 1.61. The van der Waals surface area contributed by atoms with Crippen LogP contribution >= 0.6 is 15.9 Å².